The van der Waals surface area contributed by atoms with Gasteiger partial charge in [-0.25, -0.2) is 0 Å². The largest absolute Gasteiger partial charge is 0.472 e. The van der Waals surface area contributed by atoms with Gasteiger partial charge >= 0.3 is 0 Å². The van der Waals surface area contributed by atoms with Crippen molar-refractivity contribution < 1.29 is 14.3 Å². The number of furan rings is 1. The van der Waals surface area contributed by atoms with Gasteiger partial charge in [0.25, 0.3) is 0 Å². The molecule has 1 aromatic rings. The van der Waals surface area contributed by atoms with Crippen molar-refractivity contribution in [3.05, 3.63) is 24.2 Å². The Hall–Kier alpha value is -0.800. The maximum Gasteiger partial charge on any atom is 0.0935 e. The summed E-state index contributed by atoms with van der Waals surface area (Å²) in [6, 6.07) is 1.85. The van der Waals surface area contributed by atoms with Gasteiger partial charge in [-0.15, -0.1) is 0 Å². The highest BCUT2D eigenvalue weighted by Gasteiger charge is 2.17. The van der Waals surface area contributed by atoms with Gasteiger partial charge < -0.3 is 14.3 Å². The SMILES string of the molecule is CCC(OC)C(O)Cc1ccoc1. The van der Waals surface area contributed by atoms with Gasteiger partial charge in [-0.2, -0.15) is 0 Å². The van der Waals surface area contributed by atoms with Gasteiger partial charge in [0.15, 0.2) is 0 Å². The lowest BCUT2D eigenvalue weighted by Gasteiger charge is -2.19. The smallest absolute Gasteiger partial charge is 0.0935 e. The lowest BCUT2D eigenvalue weighted by Crippen LogP contribution is -2.29. The predicted molar refractivity (Wildman–Crippen MR) is 49.5 cm³/mol. The molecule has 2 atom stereocenters. The summed E-state index contributed by atoms with van der Waals surface area (Å²) in [6.07, 6.45) is 4.11. The van der Waals surface area contributed by atoms with Crippen molar-refractivity contribution in [3.63, 3.8) is 0 Å². The molecule has 0 bridgehead atoms. The van der Waals surface area contributed by atoms with Gasteiger partial charge in [-0.1, -0.05) is 6.92 Å². The van der Waals surface area contributed by atoms with Crippen LogP contribution < -0.4 is 0 Å². The fourth-order valence-corrected chi connectivity index (χ4v) is 1.38. The van der Waals surface area contributed by atoms with E-state index in [9.17, 15) is 5.11 Å². The summed E-state index contributed by atoms with van der Waals surface area (Å²) in [4.78, 5) is 0. The number of hydrogen-bond acceptors (Lipinski definition) is 3. The van der Waals surface area contributed by atoms with Gasteiger partial charge in [0, 0.05) is 13.5 Å². The van der Waals surface area contributed by atoms with E-state index in [1.165, 1.54) is 0 Å². The van der Waals surface area contributed by atoms with E-state index in [-0.39, 0.29) is 6.10 Å². The van der Waals surface area contributed by atoms with Crippen molar-refractivity contribution in [1.29, 1.82) is 0 Å². The molecular weight excluding hydrogens is 168 g/mol. The van der Waals surface area contributed by atoms with Crippen molar-refractivity contribution in [2.45, 2.75) is 32.0 Å². The Morgan fingerprint density at radius 3 is 2.85 bits per heavy atom. The van der Waals surface area contributed by atoms with E-state index in [2.05, 4.69) is 0 Å². The zero-order chi connectivity index (χ0) is 9.68. The summed E-state index contributed by atoms with van der Waals surface area (Å²) in [7, 11) is 1.62. The lowest BCUT2D eigenvalue weighted by atomic mass is 10.0. The van der Waals surface area contributed by atoms with Crippen LogP contribution in [0.4, 0.5) is 0 Å². The first-order valence-electron chi connectivity index (χ1n) is 4.49. The molecule has 1 N–H and O–H groups in total. The Morgan fingerprint density at radius 1 is 1.62 bits per heavy atom. The molecule has 3 heteroatoms. The van der Waals surface area contributed by atoms with E-state index in [1.54, 1.807) is 19.6 Å². The van der Waals surface area contributed by atoms with Crippen LogP contribution in [0.5, 0.6) is 0 Å². The molecule has 0 spiro atoms. The van der Waals surface area contributed by atoms with Crippen LogP contribution in [-0.2, 0) is 11.2 Å². The van der Waals surface area contributed by atoms with Crippen molar-refractivity contribution in [3.8, 4) is 0 Å². The molecule has 74 valence electrons. The Bertz CT molecular complexity index is 214. The number of ether oxygens (including phenoxy) is 1. The van der Waals surface area contributed by atoms with Crippen LogP contribution in [0.15, 0.2) is 23.0 Å². The molecule has 1 aromatic heterocycles. The fraction of sp³-hybridized carbons (Fsp3) is 0.600. The minimum Gasteiger partial charge on any atom is -0.472 e. The molecule has 1 heterocycles. The Morgan fingerprint density at radius 2 is 2.38 bits per heavy atom. The summed E-state index contributed by atoms with van der Waals surface area (Å²) in [5.74, 6) is 0. The highest BCUT2D eigenvalue weighted by atomic mass is 16.5. The zero-order valence-electron chi connectivity index (χ0n) is 8.06. The van der Waals surface area contributed by atoms with Crippen LogP contribution in [0.1, 0.15) is 18.9 Å². The second kappa shape index (κ2) is 5.04. The van der Waals surface area contributed by atoms with Crippen molar-refractivity contribution in [1.82, 2.24) is 0 Å². The first-order valence-corrected chi connectivity index (χ1v) is 4.49. The topological polar surface area (TPSA) is 42.6 Å². The van der Waals surface area contributed by atoms with Gasteiger partial charge in [-0.3, -0.25) is 0 Å². The molecule has 0 saturated heterocycles. The summed E-state index contributed by atoms with van der Waals surface area (Å²) in [5, 5.41) is 9.71. The average Bonchev–Trinajstić information content (AvgIpc) is 2.59. The number of methoxy groups -OCH3 is 1. The molecule has 0 aliphatic heterocycles. The second-order valence-corrected chi connectivity index (χ2v) is 3.09. The molecule has 13 heavy (non-hydrogen) atoms. The Kier molecular flexibility index (Phi) is 3.99. The molecule has 0 aromatic carbocycles. The quantitative estimate of drug-likeness (QED) is 0.756. The third kappa shape index (κ3) is 2.86. The molecule has 1 rings (SSSR count). The second-order valence-electron chi connectivity index (χ2n) is 3.09. The number of hydrogen-bond donors (Lipinski definition) is 1. The molecule has 2 unspecified atom stereocenters. The van der Waals surface area contributed by atoms with Crippen molar-refractivity contribution in [2.75, 3.05) is 7.11 Å². The van der Waals surface area contributed by atoms with Crippen LogP contribution in [-0.4, -0.2) is 24.4 Å². The van der Waals surface area contributed by atoms with Crippen molar-refractivity contribution in [2.24, 2.45) is 0 Å². The molecule has 3 nitrogen and oxygen atoms in total. The van der Waals surface area contributed by atoms with Crippen LogP contribution in [0.2, 0.25) is 0 Å². The average molecular weight is 184 g/mol. The van der Waals surface area contributed by atoms with Crippen LogP contribution in [0.25, 0.3) is 0 Å². The molecule has 0 amide bonds. The molecule has 0 saturated carbocycles. The molecule has 0 aliphatic carbocycles. The summed E-state index contributed by atoms with van der Waals surface area (Å²) in [5.41, 5.74) is 1.00. The number of aliphatic hydroxyl groups excluding tert-OH is 1. The molecule has 0 fully saturated rings. The minimum absolute atomic E-state index is 0.0881. The van der Waals surface area contributed by atoms with Gasteiger partial charge in [0.1, 0.15) is 0 Å². The van der Waals surface area contributed by atoms with Crippen LogP contribution in [0, 0.1) is 0 Å². The number of aliphatic hydroxyl groups is 1. The monoisotopic (exact) mass is 184 g/mol. The standard InChI is InChI=1S/C10H16O3/c1-3-10(12-2)9(11)6-8-4-5-13-7-8/h4-5,7,9-11H,3,6H2,1-2H3. The summed E-state index contributed by atoms with van der Waals surface area (Å²) < 4.78 is 10.0. The predicted octanol–water partition coefficient (Wildman–Crippen LogP) is 1.61. The highest BCUT2D eigenvalue weighted by Crippen LogP contribution is 2.10. The van der Waals surface area contributed by atoms with E-state index in [4.69, 9.17) is 9.15 Å². The van der Waals surface area contributed by atoms with E-state index >= 15 is 0 Å². The lowest BCUT2D eigenvalue weighted by molar-refractivity contribution is -0.0129. The molecular formula is C10H16O3. The van der Waals surface area contributed by atoms with Crippen molar-refractivity contribution >= 4 is 0 Å². The van der Waals surface area contributed by atoms with Crippen LogP contribution in [0.3, 0.4) is 0 Å². The van der Waals surface area contributed by atoms with E-state index in [1.807, 2.05) is 13.0 Å². The number of rotatable bonds is 5. The van der Waals surface area contributed by atoms with Gasteiger partial charge in [-0.05, 0) is 18.1 Å². The zero-order valence-corrected chi connectivity index (χ0v) is 8.06. The highest BCUT2D eigenvalue weighted by molar-refractivity contribution is 5.07. The van der Waals surface area contributed by atoms with Gasteiger partial charge in [0.05, 0.1) is 24.7 Å². The first-order chi connectivity index (χ1) is 6.27. The van der Waals surface area contributed by atoms with Gasteiger partial charge in [0.2, 0.25) is 0 Å². The molecule has 0 aliphatic rings. The third-order valence-corrected chi connectivity index (χ3v) is 2.16. The Labute approximate surface area is 78.3 Å². The van der Waals surface area contributed by atoms with E-state index in [0.29, 0.717) is 6.42 Å². The Balaban J connectivity index is 2.44. The third-order valence-electron chi connectivity index (χ3n) is 2.16. The normalized spacial score (nSPS) is 15.6. The van der Waals surface area contributed by atoms with E-state index in [0.717, 1.165) is 12.0 Å². The van der Waals surface area contributed by atoms with E-state index < -0.39 is 6.10 Å². The fourth-order valence-electron chi connectivity index (χ4n) is 1.38. The maximum atomic E-state index is 9.71. The first kappa shape index (κ1) is 10.3. The molecule has 0 radical (unpaired) electrons. The maximum absolute atomic E-state index is 9.71. The summed E-state index contributed by atoms with van der Waals surface area (Å²) in [6.45, 7) is 1.99. The van der Waals surface area contributed by atoms with Crippen LogP contribution >= 0.6 is 0 Å². The minimum atomic E-state index is -0.451. The summed E-state index contributed by atoms with van der Waals surface area (Å²) >= 11 is 0.